The van der Waals surface area contributed by atoms with Gasteiger partial charge in [-0.2, -0.15) is 0 Å². The van der Waals surface area contributed by atoms with Crippen LogP contribution in [0.5, 0.6) is 0 Å². The quantitative estimate of drug-likeness (QED) is 0.165. The molecule has 0 saturated heterocycles. The SMILES string of the molecule is c1ccc(-c2nc3c(ccc4c5cc(-c6ccc(-c7nc8ccccc8n7-c7ccc8ccccc8c7)cc6)ccc5n(-c5ccccc5)c43)c3ccccc23)cc1. The topological polar surface area (TPSA) is 35.6 Å². The second-order valence-electron chi connectivity index (χ2n) is 15.0. The highest BCUT2D eigenvalue weighted by Gasteiger charge is 2.20. The Morgan fingerprint density at radius 1 is 0.328 bits per heavy atom. The number of pyridine rings is 1. The van der Waals surface area contributed by atoms with Gasteiger partial charge in [0.05, 0.1) is 33.3 Å². The van der Waals surface area contributed by atoms with Crippen LogP contribution in [-0.4, -0.2) is 19.1 Å². The van der Waals surface area contributed by atoms with Gasteiger partial charge in [-0.1, -0.05) is 158 Å². The summed E-state index contributed by atoms with van der Waals surface area (Å²) in [5.41, 5.74) is 13.0. The standard InChI is InChI=1S/C54H34N4/c1-3-14-37(15-4-1)51-44-20-10-9-19-43(44)45-30-31-46-47-34-40(28-32-49(47)57(53(46)52(45)56-51)41-17-5-2-6-18-41)36-23-25-38(26-24-36)54-55-48-21-11-12-22-50(48)58(54)42-29-27-35-13-7-8-16-39(35)33-42/h1-34H. The van der Waals surface area contributed by atoms with Crippen molar-refractivity contribution in [2.75, 3.05) is 0 Å². The van der Waals surface area contributed by atoms with Crippen LogP contribution in [0.25, 0.3) is 110 Å². The summed E-state index contributed by atoms with van der Waals surface area (Å²) in [5, 5.41) is 8.30. The lowest BCUT2D eigenvalue weighted by Gasteiger charge is -2.13. The zero-order valence-electron chi connectivity index (χ0n) is 31.4. The summed E-state index contributed by atoms with van der Waals surface area (Å²) in [7, 11) is 0. The Morgan fingerprint density at radius 3 is 1.84 bits per heavy atom. The number of aromatic nitrogens is 4. The van der Waals surface area contributed by atoms with Gasteiger partial charge in [-0.3, -0.25) is 4.57 Å². The van der Waals surface area contributed by atoms with Gasteiger partial charge in [0.25, 0.3) is 0 Å². The number of hydrogen-bond donors (Lipinski definition) is 0. The molecule has 0 spiro atoms. The van der Waals surface area contributed by atoms with Crippen molar-refractivity contribution in [3.05, 3.63) is 206 Å². The fraction of sp³-hybridized carbons (Fsp3) is 0. The maximum atomic E-state index is 5.53. The van der Waals surface area contributed by atoms with Crippen LogP contribution in [0.15, 0.2) is 206 Å². The third kappa shape index (κ3) is 5.02. The maximum Gasteiger partial charge on any atom is 0.145 e. The summed E-state index contributed by atoms with van der Waals surface area (Å²) >= 11 is 0. The number of para-hydroxylation sites is 3. The summed E-state index contributed by atoms with van der Waals surface area (Å²) in [4.78, 5) is 10.7. The Hall–Kier alpha value is -7.82. The number of fused-ring (bicyclic) bond motifs is 9. The molecule has 0 atom stereocenters. The van der Waals surface area contributed by atoms with E-state index in [1.165, 1.54) is 26.9 Å². The van der Waals surface area contributed by atoms with Crippen molar-refractivity contribution in [2.45, 2.75) is 0 Å². The first kappa shape index (κ1) is 32.4. The average molecular weight is 739 g/mol. The molecular formula is C54H34N4. The van der Waals surface area contributed by atoms with Crippen molar-refractivity contribution in [1.29, 1.82) is 0 Å². The number of imidazole rings is 1. The fourth-order valence-electron chi connectivity index (χ4n) is 8.97. The van der Waals surface area contributed by atoms with Crippen molar-refractivity contribution < 1.29 is 0 Å². The van der Waals surface area contributed by atoms with Crippen LogP contribution in [0.1, 0.15) is 0 Å². The molecule has 0 bridgehead atoms. The van der Waals surface area contributed by atoms with E-state index in [1.807, 2.05) is 0 Å². The Balaban J connectivity index is 1.03. The van der Waals surface area contributed by atoms with E-state index in [9.17, 15) is 0 Å². The van der Waals surface area contributed by atoms with Crippen molar-refractivity contribution in [2.24, 2.45) is 0 Å². The molecule has 0 amide bonds. The Labute approximate surface area is 334 Å². The van der Waals surface area contributed by atoms with E-state index in [4.69, 9.17) is 9.97 Å². The summed E-state index contributed by atoms with van der Waals surface area (Å²) in [5.74, 6) is 0.922. The highest BCUT2D eigenvalue weighted by atomic mass is 15.1. The van der Waals surface area contributed by atoms with E-state index < -0.39 is 0 Å². The Morgan fingerprint density at radius 2 is 1.00 bits per heavy atom. The highest BCUT2D eigenvalue weighted by molar-refractivity contribution is 6.23. The number of nitrogens with zero attached hydrogens (tertiary/aromatic N) is 4. The van der Waals surface area contributed by atoms with Gasteiger partial charge < -0.3 is 4.57 Å². The van der Waals surface area contributed by atoms with E-state index in [-0.39, 0.29) is 0 Å². The summed E-state index contributed by atoms with van der Waals surface area (Å²) in [6, 6.07) is 73.7. The zero-order valence-corrected chi connectivity index (χ0v) is 31.4. The minimum atomic E-state index is 0.922. The Bertz CT molecular complexity index is 3540. The summed E-state index contributed by atoms with van der Waals surface area (Å²) in [6.07, 6.45) is 0. The molecule has 0 N–H and O–H groups in total. The van der Waals surface area contributed by atoms with Gasteiger partial charge in [-0.15, -0.1) is 0 Å². The molecule has 270 valence electrons. The number of hydrogen-bond acceptors (Lipinski definition) is 2. The molecule has 12 rings (SSSR count). The molecule has 9 aromatic carbocycles. The molecule has 3 aromatic heterocycles. The van der Waals surface area contributed by atoms with Gasteiger partial charge >= 0.3 is 0 Å². The highest BCUT2D eigenvalue weighted by Crippen LogP contribution is 2.42. The molecule has 4 nitrogen and oxygen atoms in total. The lowest BCUT2D eigenvalue weighted by molar-refractivity contribution is 1.11. The monoisotopic (exact) mass is 738 g/mol. The fourth-order valence-corrected chi connectivity index (χ4v) is 8.97. The molecule has 0 aliphatic carbocycles. The smallest absolute Gasteiger partial charge is 0.145 e. The first-order chi connectivity index (χ1) is 28.8. The minimum absolute atomic E-state index is 0.922. The minimum Gasteiger partial charge on any atom is -0.307 e. The third-order valence-corrected chi connectivity index (χ3v) is 11.7. The van der Waals surface area contributed by atoms with E-state index in [0.29, 0.717) is 0 Å². The first-order valence-electron chi connectivity index (χ1n) is 19.7. The predicted molar refractivity (Wildman–Crippen MR) is 242 cm³/mol. The van der Waals surface area contributed by atoms with Gasteiger partial charge in [0.2, 0.25) is 0 Å². The molecule has 58 heavy (non-hydrogen) atoms. The van der Waals surface area contributed by atoms with Crippen LogP contribution in [0.3, 0.4) is 0 Å². The van der Waals surface area contributed by atoms with Crippen LogP contribution in [0, 0.1) is 0 Å². The molecule has 0 fully saturated rings. The molecular weight excluding hydrogens is 705 g/mol. The van der Waals surface area contributed by atoms with Crippen molar-refractivity contribution in [1.82, 2.24) is 19.1 Å². The summed E-state index contributed by atoms with van der Waals surface area (Å²) < 4.78 is 4.68. The van der Waals surface area contributed by atoms with Crippen molar-refractivity contribution >= 4 is 65.3 Å². The molecule has 0 unspecified atom stereocenters. The molecule has 0 saturated carbocycles. The molecule has 0 radical (unpaired) electrons. The van der Waals surface area contributed by atoms with Gasteiger partial charge in [-0.25, -0.2) is 9.97 Å². The predicted octanol–water partition coefficient (Wildman–Crippen LogP) is 14.0. The van der Waals surface area contributed by atoms with E-state index in [1.54, 1.807) is 0 Å². The number of rotatable bonds is 5. The lowest BCUT2D eigenvalue weighted by atomic mass is 9.98. The van der Waals surface area contributed by atoms with E-state index in [2.05, 4.69) is 215 Å². The molecule has 3 heterocycles. The van der Waals surface area contributed by atoms with Crippen LogP contribution in [0.2, 0.25) is 0 Å². The molecule has 4 heteroatoms. The van der Waals surface area contributed by atoms with E-state index >= 15 is 0 Å². The van der Waals surface area contributed by atoms with Crippen molar-refractivity contribution in [3.63, 3.8) is 0 Å². The zero-order chi connectivity index (χ0) is 38.2. The normalized spacial score (nSPS) is 11.8. The van der Waals surface area contributed by atoms with Crippen LogP contribution in [0.4, 0.5) is 0 Å². The van der Waals surface area contributed by atoms with Gasteiger partial charge in [0.1, 0.15) is 5.82 Å². The number of benzene rings is 9. The second kappa shape index (κ2) is 12.9. The van der Waals surface area contributed by atoms with Crippen LogP contribution >= 0.6 is 0 Å². The lowest BCUT2D eigenvalue weighted by Crippen LogP contribution is -1.97. The summed E-state index contributed by atoms with van der Waals surface area (Å²) in [6.45, 7) is 0. The Kier molecular flexibility index (Phi) is 7.20. The third-order valence-electron chi connectivity index (χ3n) is 11.7. The molecule has 0 aliphatic heterocycles. The molecule has 12 aromatic rings. The van der Waals surface area contributed by atoms with Crippen molar-refractivity contribution in [3.8, 4) is 45.1 Å². The van der Waals surface area contributed by atoms with E-state index in [0.717, 1.165) is 83.5 Å². The molecule has 0 aliphatic rings. The second-order valence-corrected chi connectivity index (χ2v) is 15.0. The maximum absolute atomic E-state index is 5.53. The van der Waals surface area contributed by atoms with Crippen LogP contribution in [-0.2, 0) is 0 Å². The van der Waals surface area contributed by atoms with Crippen LogP contribution < -0.4 is 0 Å². The largest absolute Gasteiger partial charge is 0.307 e. The first-order valence-corrected chi connectivity index (χ1v) is 19.7. The van der Waals surface area contributed by atoms with Gasteiger partial charge in [0.15, 0.2) is 0 Å². The van der Waals surface area contributed by atoms with Gasteiger partial charge in [-0.05, 0) is 75.8 Å². The average Bonchev–Trinajstić information content (AvgIpc) is 3.85. The van der Waals surface area contributed by atoms with Gasteiger partial charge in [0, 0.05) is 44.0 Å².